The molecule has 3 aliphatic rings. The van der Waals surface area contributed by atoms with Crippen molar-refractivity contribution in [1.29, 1.82) is 0 Å². The van der Waals surface area contributed by atoms with Crippen LogP contribution < -0.4 is 0 Å². The number of nitro benzene ring substituents is 1. The zero-order chi connectivity index (χ0) is 23.4. The molecule has 6 rings (SSSR count). The first-order valence-electron chi connectivity index (χ1n) is 12.0. The van der Waals surface area contributed by atoms with Crippen molar-refractivity contribution in [2.24, 2.45) is 0 Å². The number of carbonyl (C=O) groups excluding carboxylic acids is 2. The van der Waals surface area contributed by atoms with Crippen molar-refractivity contribution in [1.82, 2.24) is 14.8 Å². The van der Waals surface area contributed by atoms with Crippen molar-refractivity contribution < 1.29 is 14.5 Å². The van der Waals surface area contributed by atoms with E-state index in [1.165, 1.54) is 18.6 Å². The van der Waals surface area contributed by atoms with Crippen LogP contribution in [0, 0.1) is 10.1 Å². The molecule has 0 bridgehead atoms. The summed E-state index contributed by atoms with van der Waals surface area (Å²) in [4.78, 5) is 45.3. The standard InChI is InChI=1S/C26H26N4O4/c31-23-15-28(17-6-2-1-3-7-17)26(32)22-14-20-19-8-4-5-9-21(19)27-24(20)25(29(22)23)16-10-12-18(13-11-16)30(33)34/h4-5,8-13,17,22,25,27H,1-3,6-7,14-15H2/t22-,25-/m1/s1. The number of hydrogen-bond acceptors (Lipinski definition) is 4. The lowest BCUT2D eigenvalue weighted by atomic mass is 9.85. The molecule has 0 spiro atoms. The van der Waals surface area contributed by atoms with Crippen molar-refractivity contribution in [3.05, 3.63) is 75.5 Å². The van der Waals surface area contributed by atoms with Gasteiger partial charge in [-0.3, -0.25) is 19.7 Å². The van der Waals surface area contributed by atoms with Gasteiger partial charge in [-0.2, -0.15) is 0 Å². The van der Waals surface area contributed by atoms with Crippen LogP contribution in [0.3, 0.4) is 0 Å². The maximum atomic E-state index is 13.8. The number of nitrogens with one attached hydrogen (secondary N) is 1. The predicted octanol–water partition coefficient (Wildman–Crippen LogP) is 4.09. The molecule has 3 aromatic rings. The number of piperazine rings is 1. The number of amides is 2. The minimum Gasteiger partial charge on any atom is -0.356 e. The molecule has 2 amide bonds. The molecule has 174 valence electrons. The van der Waals surface area contributed by atoms with Crippen LogP contribution in [0.15, 0.2) is 48.5 Å². The highest BCUT2D eigenvalue weighted by Crippen LogP contribution is 2.43. The fourth-order valence-corrected chi connectivity index (χ4v) is 6.11. The van der Waals surface area contributed by atoms with E-state index >= 15 is 0 Å². The Morgan fingerprint density at radius 1 is 0.971 bits per heavy atom. The number of non-ortho nitro benzene ring substituents is 1. The fourth-order valence-electron chi connectivity index (χ4n) is 6.11. The van der Waals surface area contributed by atoms with Crippen molar-refractivity contribution >= 4 is 28.4 Å². The monoisotopic (exact) mass is 458 g/mol. The Morgan fingerprint density at radius 2 is 1.71 bits per heavy atom. The number of benzene rings is 2. The van der Waals surface area contributed by atoms with Gasteiger partial charge >= 0.3 is 0 Å². The first kappa shape index (κ1) is 20.9. The summed E-state index contributed by atoms with van der Waals surface area (Å²) < 4.78 is 0. The van der Waals surface area contributed by atoms with Gasteiger partial charge < -0.3 is 14.8 Å². The summed E-state index contributed by atoms with van der Waals surface area (Å²) in [5.41, 5.74) is 3.65. The average Bonchev–Trinajstić information content (AvgIpc) is 3.24. The Hall–Kier alpha value is -3.68. The molecule has 1 aliphatic carbocycles. The Kier molecular flexibility index (Phi) is 4.90. The second kappa shape index (κ2) is 7.97. The molecule has 3 heterocycles. The molecular formula is C26H26N4O4. The van der Waals surface area contributed by atoms with Gasteiger partial charge in [-0.15, -0.1) is 0 Å². The SMILES string of the molecule is O=C1[C@H]2Cc3c([nH]c4ccccc34)[C@@H](c3ccc([N+](=O)[O-])cc3)N2C(=O)CN1C1CCCCC1. The first-order valence-corrected chi connectivity index (χ1v) is 12.0. The molecule has 1 saturated carbocycles. The van der Waals surface area contributed by atoms with E-state index in [9.17, 15) is 19.7 Å². The topological polar surface area (TPSA) is 99.5 Å². The van der Waals surface area contributed by atoms with Crippen LogP contribution in [0.1, 0.15) is 55.0 Å². The van der Waals surface area contributed by atoms with Crippen LogP contribution in [0.25, 0.3) is 10.9 Å². The van der Waals surface area contributed by atoms with Gasteiger partial charge in [0, 0.05) is 41.2 Å². The minimum absolute atomic E-state index is 0.00231. The molecule has 34 heavy (non-hydrogen) atoms. The Labute approximate surface area is 196 Å². The van der Waals surface area contributed by atoms with E-state index in [0.29, 0.717) is 6.42 Å². The molecule has 2 aliphatic heterocycles. The number of para-hydroxylation sites is 1. The van der Waals surface area contributed by atoms with E-state index in [1.54, 1.807) is 17.0 Å². The van der Waals surface area contributed by atoms with E-state index in [4.69, 9.17) is 0 Å². The van der Waals surface area contributed by atoms with Crippen molar-refractivity contribution in [2.45, 2.75) is 56.7 Å². The molecule has 1 N–H and O–H groups in total. The highest BCUT2D eigenvalue weighted by Gasteiger charge is 2.49. The highest BCUT2D eigenvalue weighted by atomic mass is 16.6. The van der Waals surface area contributed by atoms with Gasteiger partial charge in [0.25, 0.3) is 5.69 Å². The second-order valence-electron chi connectivity index (χ2n) is 9.59. The van der Waals surface area contributed by atoms with Gasteiger partial charge in [-0.1, -0.05) is 37.5 Å². The Bertz CT molecular complexity index is 1290. The molecule has 2 aromatic carbocycles. The molecule has 8 heteroatoms. The summed E-state index contributed by atoms with van der Waals surface area (Å²) >= 11 is 0. The largest absolute Gasteiger partial charge is 0.356 e. The predicted molar refractivity (Wildman–Crippen MR) is 126 cm³/mol. The van der Waals surface area contributed by atoms with Crippen molar-refractivity contribution in [2.75, 3.05) is 6.54 Å². The Morgan fingerprint density at radius 3 is 2.44 bits per heavy atom. The van der Waals surface area contributed by atoms with E-state index < -0.39 is 17.0 Å². The van der Waals surface area contributed by atoms with Gasteiger partial charge in [0.15, 0.2) is 0 Å². The maximum Gasteiger partial charge on any atom is 0.269 e. The smallest absolute Gasteiger partial charge is 0.269 e. The van der Waals surface area contributed by atoms with Crippen molar-refractivity contribution in [3.8, 4) is 0 Å². The lowest BCUT2D eigenvalue weighted by Crippen LogP contribution is -2.65. The van der Waals surface area contributed by atoms with Crippen molar-refractivity contribution in [3.63, 3.8) is 0 Å². The number of H-pyrrole nitrogens is 1. The van der Waals surface area contributed by atoms with Gasteiger partial charge in [0.1, 0.15) is 12.6 Å². The molecule has 0 radical (unpaired) electrons. The summed E-state index contributed by atoms with van der Waals surface area (Å²) in [6.07, 6.45) is 5.75. The molecule has 1 saturated heterocycles. The third-order valence-electron chi connectivity index (χ3n) is 7.73. The number of nitrogens with zero attached hydrogens (tertiary/aromatic N) is 3. The third-order valence-corrected chi connectivity index (χ3v) is 7.73. The van der Waals surface area contributed by atoms with Gasteiger partial charge in [0.05, 0.1) is 11.0 Å². The molecule has 2 fully saturated rings. The van der Waals surface area contributed by atoms with Crippen LogP contribution in [0.2, 0.25) is 0 Å². The summed E-state index contributed by atoms with van der Waals surface area (Å²) in [6.45, 7) is 0.0963. The van der Waals surface area contributed by atoms with Gasteiger partial charge in [0.2, 0.25) is 11.8 Å². The normalized spacial score (nSPS) is 23.2. The van der Waals surface area contributed by atoms with Gasteiger partial charge in [-0.25, -0.2) is 0 Å². The molecule has 8 nitrogen and oxygen atoms in total. The van der Waals surface area contributed by atoms with Crippen LogP contribution in [-0.2, 0) is 16.0 Å². The van der Waals surface area contributed by atoms with Crippen LogP contribution in [0.4, 0.5) is 5.69 Å². The number of carbonyl (C=O) groups is 2. The quantitative estimate of drug-likeness (QED) is 0.472. The van der Waals surface area contributed by atoms with Crippen LogP contribution in [-0.4, -0.2) is 50.1 Å². The molecule has 2 atom stereocenters. The van der Waals surface area contributed by atoms with E-state index in [-0.39, 0.29) is 30.1 Å². The number of nitro groups is 1. The van der Waals surface area contributed by atoms with E-state index in [1.807, 2.05) is 29.2 Å². The number of fused-ring (bicyclic) bond motifs is 4. The van der Waals surface area contributed by atoms with E-state index in [2.05, 4.69) is 4.98 Å². The number of rotatable bonds is 3. The number of aromatic amines is 1. The third kappa shape index (κ3) is 3.20. The summed E-state index contributed by atoms with van der Waals surface area (Å²) in [6, 6.07) is 13.4. The van der Waals surface area contributed by atoms with Gasteiger partial charge in [-0.05, 0) is 42.2 Å². The van der Waals surface area contributed by atoms with E-state index in [0.717, 1.165) is 53.4 Å². The second-order valence-corrected chi connectivity index (χ2v) is 9.59. The zero-order valence-corrected chi connectivity index (χ0v) is 18.8. The summed E-state index contributed by atoms with van der Waals surface area (Å²) in [5, 5.41) is 12.3. The Balaban J connectivity index is 1.47. The maximum absolute atomic E-state index is 13.8. The number of hydrogen-bond donors (Lipinski definition) is 1. The zero-order valence-electron chi connectivity index (χ0n) is 18.8. The first-order chi connectivity index (χ1) is 16.5. The molecule has 1 aromatic heterocycles. The van der Waals surface area contributed by atoms with Crippen LogP contribution in [0.5, 0.6) is 0 Å². The lowest BCUT2D eigenvalue weighted by molar-refractivity contribution is -0.384. The molecular weight excluding hydrogens is 432 g/mol. The summed E-state index contributed by atoms with van der Waals surface area (Å²) in [7, 11) is 0. The summed E-state index contributed by atoms with van der Waals surface area (Å²) in [5.74, 6) is -0.0443. The average molecular weight is 459 g/mol. The lowest BCUT2D eigenvalue weighted by Gasteiger charge is -2.49. The highest BCUT2D eigenvalue weighted by molar-refractivity contribution is 5.97. The molecule has 0 unspecified atom stereocenters. The minimum atomic E-state index is -0.574. The fraction of sp³-hybridized carbons (Fsp3) is 0.385. The van der Waals surface area contributed by atoms with Crippen LogP contribution >= 0.6 is 0 Å². The number of aromatic nitrogens is 1.